The van der Waals surface area contributed by atoms with Gasteiger partial charge in [0.25, 0.3) is 11.8 Å². The monoisotopic (exact) mass is 549 g/mol. The van der Waals surface area contributed by atoms with E-state index in [9.17, 15) is 28.7 Å². The second kappa shape index (κ2) is 10.5. The van der Waals surface area contributed by atoms with Crippen molar-refractivity contribution in [3.63, 3.8) is 0 Å². The Bertz CT molecular complexity index is 1480. The largest absolute Gasteiger partial charge is 0.480 e. The lowest BCUT2D eigenvalue weighted by atomic mass is 9.78. The molecule has 0 bridgehead atoms. The Morgan fingerprint density at radius 3 is 2.46 bits per heavy atom. The van der Waals surface area contributed by atoms with Gasteiger partial charge in [-0.3, -0.25) is 19.2 Å². The van der Waals surface area contributed by atoms with Crippen molar-refractivity contribution in [3.8, 4) is 0 Å². The number of aliphatic carboxylic acids is 1. The van der Waals surface area contributed by atoms with E-state index >= 15 is 0 Å². The maximum Gasteiger partial charge on any atom is 0.323 e. The molecule has 0 saturated carbocycles. The molecule has 1 saturated heterocycles. The Morgan fingerprint density at radius 1 is 1.00 bits per heavy atom. The predicted molar refractivity (Wildman–Crippen MR) is 144 cm³/mol. The van der Waals surface area contributed by atoms with Gasteiger partial charge in [-0.2, -0.15) is 0 Å². The fourth-order valence-electron chi connectivity index (χ4n) is 5.36. The van der Waals surface area contributed by atoms with E-state index < -0.39 is 23.1 Å². The van der Waals surface area contributed by atoms with Crippen LogP contribution in [0.2, 0.25) is 5.02 Å². The van der Waals surface area contributed by atoms with Crippen molar-refractivity contribution in [2.75, 3.05) is 29.9 Å². The number of likely N-dealkylation sites (tertiary alicyclic amines) is 1. The van der Waals surface area contributed by atoms with Crippen LogP contribution < -0.4 is 10.2 Å². The number of para-hydroxylation sites is 1. The van der Waals surface area contributed by atoms with Crippen LogP contribution in [0.3, 0.4) is 0 Å². The van der Waals surface area contributed by atoms with E-state index in [0.29, 0.717) is 49.3 Å². The lowest BCUT2D eigenvalue weighted by molar-refractivity contribution is -0.145. The number of hydrogen-bond acceptors (Lipinski definition) is 4. The van der Waals surface area contributed by atoms with Crippen LogP contribution in [0.1, 0.15) is 39.1 Å². The standard InChI is InChI=1S/C29H25ClFN3O5/c30-23-10-7-20(31)15-22(23)26(37)32-21-8-5-18(6-9-21)27(38)34-14-12-29(16-19-3-1-2-4-24(19)34)11-13-33(28(29)39)17-25(35)36/h1-10,15H,11-14,16-17H2,(H,32,37)(H,35,36). The summed E-state index contributed by atoms with van der Waals surface area (Å²) in [6, 6.07) is 17.3. The first-order chi connectivity index (χ1) is 18.7. The number of carbonyl (C=O) groups excluding carboxylic acids is 3. The zero-order chi connectivity index (χ0) is 27.7. The maximum atomic E-state index is 13.7. The fourth-order valence-corrected chi connectivity index (χ4v) is 5.56. The molecule has 3 aromatic rings. The SMILES string of the molecule is O=C(O)CN1CCC2(CCN(C(=O)c3ccc(NC(=O)c4cc(F)ccc4Cl)cc3)c3ccccc3C2)C1=O. The molecule has 2 aliphatic heterocycles. The number of nitrogens with zero attached hydrogens (tertiary/aromatic N) is 2. The van der Waals surface area contributed by atoms with Gasteiger partial charge in [-0.15, -0.1) is 0 Å². The van der Waals surface area contributed by atoms with E-state index in [-0.39, 0.29) is 28.9 Å². The van der Waals surface area contributed by atoms with E-state index in [1.54, 1.807) is 29.2 Å². The van der Waals surface area contributed by atoms with Crippen molar-refractivity contribution < 1.29 is 28.7 Å². The summed E-state index contributed by atoms with van der Waals surface area (Å²) >= 11 is 6.02. The average molecular weight is 550 g/mol. The predicted octanol–water partition coefficient (Wildman–Crippen LogP) is 4.63. The van der Waals surface area contributed by atoms with Crippen LogP contribution in [-0.2, 0) is 16.0 Å². The topological polar surface area (TPSA) is 107 Å². The van der Waals surface area contributed by atoms with Crippen LogP contribution in [0.4, 0.5) is 15.8 Å². The number of anilines is 2. The second-order valence-corrected chi connectivity index (χ2v) is 10.2. The number of benzene rings is 3. The molecule has 2 N–H and O–H groups in total. The summed E-state index contributed by atoms with van der Waals surface area (Å²) in [4.78, 5) is 53.8. The van der Waals surface area contributed by atoms with E-state index in [4.69, 9.17) is 11.6 Å². The Labute approximate surface area is 229 Å². The van der Waals surface area contributed by atoms with Crippen molar-refractivity contribution >= 4 is 46.7 Å². The van der Waals surface area contributed by atoms with Crippen LogP contribution in [-0.4, -0.2) is 53.3 Å². The molecule has 2 aliphatic rings. The number of carbonyl (C=O) groups is 4. The number of nitrogens with one attached hydrogen (secondary N) is 1. The molecule has 8 nitrogen and oxygen atoms in total. The van der Waals surface area contributed by atoms with E-state index in [2.05, 4.69) is 5.32 Å². The fraction of sp³-hybridized carbons (Fsp3) is 0.241. The second-order valence-electron chi connectivity index (χ2n) is 9.82. The van der Waals surface area contributed by atoms with E-state index in [1.165, 1.54) is 11.0 Å². The number of rotatable bonds is 5. The Morgan fingerprint density at radius 2 is 1.72 bits per heavy atom. The normalized spacial score (nSPS) is 18.6. The van der Waals surface area contributed by atoms with E-state index in [1.807, 2.05) is 24.3 Å². The molecule has 0 radical (unpaired) electrons. The van der Waals surface area contributed by atoms with Crippen LogP contribution in [0, 0.1) is 11.2 Å². The van der Waals surface area contributed by atoms with Crippen molar-refractivity contribution in [1.82, 2.24) is 4.90 Å². The lowest BCUT2D eigenvalue weighted by Crippen LogP contribution is -2.40. The minimum absolute atomic E-state index is 0.00435. The summed E-state index contributed by atoms with van der Waals surface area (Å²) in [7, 11) is 0. The molecule has 1 atom stereocenters. The third-order valence-electron chi connectivity index (χ3n) is 7.36. The zero-order valence-corrected chi connectivity index (χ0v) is 21.6. The van der Waals surface area contributed by atoms with Crippen molar-refractivity contribution in [2.24, 2.45) is 5.41 Å². The highest BCUT2D eigenvalue weighted by Gasteiger charge is 2.48. The van der Waals surface area contributed by atoms with Gasteiger partial charge in [-0.25, -0.2) is 4.39 Å². The van der Waals surface area contributed by atoms with Crippen LogP contribution >= 0.6 is 11.6 Å². The van der Waals surface area contributed by atoms with Gasteiger partial charge in [0.15, 0.2) is 0 Å². The van der Waals surface area contributed by atoms with Crippen LogP contribution in [0.25, 0.3) is 0 Å². The highest BCUT2D eigenvalue weighted by Crippen LogP contribution is 2.43. The third-order valence-corrected chi connectivity index (χ3v) is 7.69. The van der Waals surface area contributed by atoms with Crippen molar-refractivity contribution in [1.29, 1.82) is 0 Å². The maximum absolute atomic E-state index is 13.7. The third kappa shape index (κ3) is 5.22. The molecule has 0 aliphatic carbocycles. The first-order valence-corrected chi connectivity index (χ1v) is 12.8. The molecule has 5 rings (SSSR count). The number of hydrogen-bond donors (Lipinski definition) is 2. The van der Waals surface area contributed by atoms with Gasteiger partial charge in [-0.05, 0) is 73.4 Å². The molecule has 3 amide bonds. The smallest absolute Gasteiger partial charge is 0.323 e. The first kappa shape index (κ1) is 26.4. The van der Waals surface area contributed by atoms with Crippen LogP contribution in [0.5, 0.6) is 0 Å². The van der Waals surface area contributed by atoms with Crippen molar-refractivity contribution in [3.05, 3.63) is 94.3 Å². The molecule has 39 heavy (non-hydrogen) atoms. The number of carboxylic acids is 1. The molecule has 10 heteroatoms. The summed E-state index contributed by atoms with van der Waals surface area (Å²) < 4.78 is 13.6. The van der Waals surface area contributed by atoms with Gasteiger partial charge in [0, 0.05) is 30.0 Å². The summed E-state index contributed by atoms with van der Waals surface area (Å²) in [5, 5.41) is 12.0. The Balaban J connectivity index is 1.35. The summed E-state index contributed by atoms with van der Waals surface area (Å²) in [6.45, 7) is 0.327. The minimum Gasteiger partial charge on any atom is -0.480 e. The minimum atomic E-state index is -1.05. The van der Waals surface area contributed by atoms with Gasteiger partial charge in [0.05, 0.1) is 16.0 Å². The molecule has 1 spiro atoms. The molecule has 0 aromatic heterocycles. The average Bonchev–Trinajstić information content (AvgIpc) is 3.10. The lowest BCUT2D eigenvalue weighted by Gasteiger charge is -2.26. The zero-order valence-electron chi connectivity index (χ0n) is 20.8. The number of halogens is 2. The van der Waals surface area contributed by atoms with Crippen molar-refractivity contribution in [2.45, 2.75) is 19.3 Å². The first-order valence-electron chi connectivity index (χ1n) is 12.4. The number of carboxylic acid groups (broad SMARTS) is 1. The summed E-state index contributed by atoms with van der Waals surface area (Å²) in [5.41, 5.74) is 1.59. The highest BCUT2D eigenvalue weighted by atomic mass is 35.5. The molecule has 2 heterocycles. The van der Waals surface area contributed by atoms with Gasteiger partial charge in [0.2, 0.25) is 5.91 Å². The molecule has 1 unspecified atom stereocenters. The highest BCUT2D eigenvalue weighted by molar-refractivity contribution is 6.34. The van der Waals surface area contributed by atoms with Gasteiger partial charge in [-0.1, -0.05) is 29.8 Å². The van der Waals surface area contributed by atoms with Crippen LogP contribution in [0.15, 0.2) is 66.7 Å². The van der Waals surface area contributed by atoms with Gasteiger partial charge < -0.3 is 20.2 Å². The molecule has 3 aromatic carbocycles. The summed E-state index contributed by atoms with van der Waals surface area (Å²) in [6.07, 6.45) is 1.36. The summed E-state index contributed by atoms with van der Waals surface area (Å²) in [5.74, 6) is -2.67. The van der Waals surface area contributed by atoms with E-state index in [0.717, 1.165) is 17.7 Å². The Kier molecular flexibility index (Phi) is 7.10. The van der Waals surface area contributed by atoms with Gasteiger partial charge >= 0.3 is 5.97 Å². The molecule has 1 fully saturated rings. The van der Waals surface area contributed by atoms with Gasteiger partial charge in [0.1, 0.15) is 12.4 Å². The Hall–Kier alpha value is -4.24. The number of fused-ring (bicyclic) bond motifs is 1. The molecule has 200 valence electrons. The number of amides is 3. The molecular weight excluding hydrogens is 525 g/mol. The quantitative estimate of drug-likeness (QED) is 0.483. The molecular formula is C29H25ClFN3O5.